The molecule has 1 amide bonds. The Morgan fingerprint density at radius 1 is 0.982 bits per heavy atom. The molecular weight excluding hydrogens is 787 g/mol. The number of aryl methyl sites for hydroxylation is 1. The molecule has 0 bridgehead atoms. The summed E-state index contributed by atoms with van der Waals surface area (Å²) in [5, 5.41) is 1.63. The van der Waals surface area contributed by atoms with E-state index in [1.807, 2.05) is 50.2 Å². The number of thioether (sulfide) groups is 1. The number of nitrogens with one attached hydrogen (secondary N) is 2. The summed E-state index contributed by atoms with van der Waals surface area (Å²) in [5.74, 6) is 0.402. The normalized spacial score (nSPS) is 16.9. The van der Waals surface area contributed by atoms with E-state index in [-0.39, 0.29) is 16.7 Å². The van der Waals surface area contributed by atoms with Crippen LogP contribution in [0.1, 0.15) is 73.9 Å². The Labute approximate surface area is 345 Å². The highest BCUT2D eigenvalue weighted by molar-refractivity contribution is 8.00. The minimum Gasteiger partial charge on any atom is -0.455 e. The first kappa shape index (κ1) is 41.1. The van der Waals surface area contributed by atoms with Crippen LogP contribution in [0.3, 0.4) is 0 Å². The van der Waals surface area contributed by atoms with Crippen LogP contribution in [0.4, 0.5) is 18.9 Å². The van der Waals surface area contributed by atoms with Crippen molar-refractivity contribution in [3.05, 3.63) is 112 Å². The van der Waals surface area contributed by atoms with Gasteiger partial charge in [0.1, 0.15) is 17.1 Å². The molecule has 57 heavy (non-hydrogen) atoms. The van der Waals surface area contributed by atoms with Crippen molar-refractivity contribution in [2.45, 2.75) is 74.6 Å². The summed E-state index contributed by atoms with van der Waals surface area (Å²) in [6, 6.07) is 22.4. The molecule has 0 radical (unpaired) electrons. The third-order valence-corrected chi connectivity index (χ3v) is 13.1. The van der Waals surface area contributed by atoms with E-state index >= 15 is 0 Å². The van der Waals surface area contributed by atoms with E-state index in [1.54, 1.807) is 43.1 Å². The molecule has 1 saturated heterocycles. The minimum atomic E-state index is -4.41. The first-order valence-electron chi connectivity index (χ1n) is 19.5. The number of halogens is 4. The van der Waals surface area contributed by atoms with Gasteiger partial charge < -0.3 is 14.6 Å². The summed E-state index contributed by atoms with van der Waals surface area (Å²) >= 11 is 7.06. The molecule has 13 heteroatoms. The second kappa shape index (κ2) is 17.8. The van der Waals surface area contributed by atoms with Gasteiger partial charge >= 0.3 is 5.51 Å². The number of allylic oxidation sites excluding steroid dienone is 1. The Bertz CT molecular complexity index is 2230. The maximum absolute atomic E-state index is 13.7. The number of piperazine rings is 1. The highest BCUT2D eigenvalue weighted by atomic mass is 35.5. The van der Waals surface area contributed by atoms with Gasteiger partial charge in [0, 0.05) is 70.9 Å². The predicted molar refractivity (Wildman–Crippen MR) is 228 cm³/mol. The lowest BCUT2D eigenvalue weighted by atomic mass is 9.59. The number of hydrogen-bond donors (Lipinski definition) is 2. The number of fused-ring (bicyclic) bond motifs is 1. The van der Waals surface area contributed by atoms with Gasteiger partial charge in [0.05, 0.1) is 11.8 Å². The van der Waals surface area contributed by atoms with Gasteiger partial charge in [0.2, 0.25) is 0 Å². The topological polar surface area (TPSA) is 73.5 Å². The largest absolute Gasteiger partial charge is 0.455 e. The maximum atomic E-state index is 13.7. The van der Waals surface area contributed by atoms with Crippen molar-refractivity contribution in [3.63, 3.8) is 0 Å². The molecule has 3 aromatic carbocycles. The Morgan fingerprint density at radius 3 is 2.47 bits per heavy atom. The van der Waals surface area contributed by atoms with Crippen molar-refractivity contribution in [2.75, 3.05) is 37.6 Å². The standard InChI is InChI=1S/C42H41ClF3N5O2S2.C2H6/c1-27-3-9-34(23-38(27)54-42(44,45)46)55-49-40(52)35-10-8-32(22-37(35)53-33-21-29-12-16-47-39(29)48-25-33)51-19-17-50(18-20-51)26-30-11-15-41(13-2-14-41)24-36(30)28-4-6-31(43)7-5-28;1-2/h3-10,12,16,21-23,25H,2,11,13-15,17-20,24,26H2,1H3,(H,47,48)(H,49,52);1-2H3. The van der Waals surface area contributed by atoms with Crippen molar-refractivity contribution < 1.29 is 22.7 Å². The second-order valence-corrected chi connectivity index (χ2v) is 17.2. The first-order valence-corrected chi connectivity index (χ1v) is 21.5. The Morgan fingerprint density at radius 2 is 1.75 bits per heavy atom. The van der Waals surface area contributed by atoms with Crippen LogP contribution in [-0.4, -0.2) is 59.0 Å². The highest BCUT2D eigenvalue weighted by Crippen LogP contribution is 2.55. The number of aromatic amines is 1. The van der Waals surface area contributed by atoms with Crippen molar-refractivity contribution in [1.29, 1.82) is 0 Å². The van der Waals surface area contributed by atoms with E-state index in [4.69, 9.17) is 16.3 Å². The number of amides is 1. The lowest BCUT2D eigenvalue weighted by Crippen LogP contribution is -2.47. The molecule has 3 aliphatic rings. The number of pyridine rings is 1. The number of carbonyl (C=O) groups excluding carboxylic acids is 1. The Hall–Kier alpha value is -4.10. The van der Waals surface area contributed by atoms with E-state index in [2.05, 4.69) is 36.6 Å². The summed E-state index contributed by atoms with van der Waals surface area (Å²) in [4.78, 5) is 26.6. The third-order valence-electron chi connectivity index (χ3n) is 11.2. The number of rotatable bonds is 10. The summed E-state index contributed by atoms with van der Waals surface area (Å²) in [7, 11) is 0. The van der Waals surface area contributed by atoms with E-state index in [9.17, 15) is 18.0 Å². The van der Waals surface area contributed by atoms with Crippen LogP contribution in [0.5, 0.6) is 11.5 Å². The van der Waals surface area contributed by atoms with Gasteiger partial charge in [0.15, 0.2) is 0 Å². The van der Waals surface area contributed by atoms with E-state index in [0.717, 1.165) is 79.3 Å². The highest BCUT2D eigenvalue weighted by Gasteiger charge is 2.41. The smallest absolute Gasteiger partial charge is 0.446 e. The van der Waals surface area contributed by atoms with Crippen molar-refractivity contribution in [3.8, 4) is 11.5 Å². The summed E-state index contributed by atoms with van der Waals surface area (Å²) in [6.07, 6.45) is 11.0. The number of carbonyl (C=O) groups is 1. The van der Waals surface area contributed by atoms with Crippen LogP contribution in [-0.2, 0) is 0 Å². The van der Waals surface area contributed by atoms with Gasteiger partial charge in [-0.3, -0.25) is 14.4 Å². The maximum Gasteiger partial charge on any atom is 0.446 e. The molecule has 0 unspecified atom stereocenters. The molecule has 3 heterocycles. The molecular formula is C44H47ClF3N5O2S2. The second-order valence-electron chi connectivity index (χ2n) is 14.8. The number of H-pyrrole nitrogens is 1. The number of aromatic nitrogens is 2. The van der Waals surface area contributed by atoms with Crippen LogP contribution >= 0.6 is 35.3 Å². The molecule has 2 fully saturated rings. The molecule has 2 N–H and O–H groups in total. The molecule has 300 valence electrons. The number of ether oxygens (including phenoxy) is 1. The van der Waals surface area contributed by atoms with Gasteiger partial charge in [-0.05, 0) is 133 Å². The molecule has 7 nitrogen and oxygen atoms in total. The van der Waals surface area contributed by atoms with E-state index in [1.165, 1.54) is 42.9 Å². The minimum absolute atomic E-state index is 0.0902. The number of anilines is 1. The van der Waals surface area contributed by atoms with Crippen LogP contribution in [0.25, 0.3) is 16.6 Å². The molecule has 2 aromatic heterocycles. The Balaban J connectivity index is 0.00000244. The zero-order chi connectivity index (χ0) is 40.2. The number of benzene rings is 3. The molecule has 8 rings (SSSR count). The van der Waals surface area contributed by atoms with Crippen molar-refractivity contribution in [1.82, 2.24) is 19.6 Å². The van der Waals surface area contributed by atoms with Crippen molar-refractivity contribution in [2.24, 2.45) is 5.41 Å². The third kappa shape index (κ3) is 9.96. The average Bonchev–Trinajstić information content (AvgIpc) is 3.67. The summed E-state index contributed by atoms with van der Waals surface area (Å²) in [6.45, 7) is 10.0. The first-order chi connectivity index (χ1) is 27.5. The fraction of sp³-hybridized carbons (Fsp3) is 0.364. The molecule has 1 aliphatic heterocycles. The van der Waals surface area contributed by atoms with Gasteiger partial charge in [0.25, 0.3) is 5.91 Å². The monoisotopic (exact) mass is 833 g/mol. The fourth-order valence-electron chi connectivity index (χ4n) is 7.95. The zero-order valence-corrected chi connectivity index (χ0v) is 34.7. The van der Waals surface area contributed by atoms with Crippen LogP contribution in [0, 0.1) is 12.3 Å². The molecule has 1 spiro atoms. The van der Waals surface area contributed by atoms with Gasteiger partial charge in [-0.2, -0.15) is 13.2 Å². The van der Waals surface area contributed by atoms with Crippen LogP contribution < -0.4 is 14.4 Å². The summed E-state index contributed by atoms with van der Waals surface area (Å²) in [5.41, 5.74) is 2.88. The van der Waals surface area contributed by atoms with Crippen LogP contribution in [0.2, 0.25) is 5.02 Å². The van der Waals surface area contributed by atoms with Crippen LogP contribution in [0.15, 0.2) is 101 Å². The summed E-state index contributed by atoms with van der Waals surface area (Å²) < 4.78 is 48.6. The van der Waals surface area contributed by atoms with Gasteiger partial charge in [-0.15, -0.1) is 0 Å². The van der Waals surface area contributed by atoms with Gasteiger partial charge in [-0.25, -0.2) is 4.98 Å². The lowest BCUT2D eigenvalue weighted by molar-refractivity contribution is -0.0328. The molecule has 0 atom stereocenters. The van der Waals surface area contributed by atoms with Gasteiger partial charge in [-0.1, -0.05) is 55.6 Å². The number of alkyl halides is 3. The Kier molecular flexibility index (Phi) is 12.8. The zero-order valence-electron chi connectivity index (χ0n) is 32.3. The lowest BCUT2D eigenvalue weighted by Gasteiger charge is -2.47. The molecule has 5 aromatic rings. The molecule has 2 aliphatic carbocycles. The number of hydrogen-bond acceptors (Lipinski definition) is 7. The van der Waals surface area contributed by atoms with E-state index < -0.39 is 11.4 Å². The number of nitrogens with zero attached hydrogens (tertiary/aromatic N) is 3. The quantitative estimate of drug-likeness (QED) is 0.107. The SMILES string of the molecule is CC.Cc1ccc(SNC(=O)c2ccc(N3CCN(CC4=C(c5ccc(Cl)cc5)CC5(CCC5)CC4)CC3)cc2Oc2cnc3[nH]ccc3c2)cc1SC(F)(F)F. The average molecular weight is 834 g/mol. The van der Waals surface area contributed by atoms with Crippen molar-refractivity contribution >= 4 is 63.5 Å². The molecule has 1 saturated carbocycles. The fourth-order valence-corrected chi connectivity index (χ4v) is 9.44. The predicted octanol–water partition coefficient (Wildman–Crippen LogP) is 12.3. The van der Waals surface area contributed by atoms with E-state index in [0.29, 0.717) is 32.9 Å².